The number of aromatic nitrogens is 2. The average Bonchev–Trinajstić information content (AvgIpc) is 3.41. The Labute approximate surface area is 189 Å². The Morgan fingerprint density at radius 1 is 1.30 bits per heavy atom. The zero-order chi connectivity index (χ0) is 24.7. The van der Waals surface area contributed by atoms with Crippen LogP contribution in [0.1, 0.15) is 31.9 Å². The molecule has 5 atom stereocenters. The van der Waals surface area contributed by atoms with Gasteiger partial charge in [-0.3, -0.25) is 19.2 Å². The third-order valence-corrected chi connectivity index (χ3v) is 5.24. The largest absolute Gasteiger partial charge is 0.480 e. The minimum atomic E-state index is -1.54. The van der Waals surface area contributed by atoms with Crippen molar-refractivity contribution in [2.45, 2.75) is 62.9 Å². The maximum absolute atomic E-state index is 13.3. The van der Waals surface area contributed by atoms with E-state index in [1.54, 1.807) is 0 Å². The summed E-state index contributed by atoms with van der Waals surface area (Å²) >= 11 is 0. The second-order valence-electron chi connectivity index (χ2n) is 7.87. The highest BCUT2D eigenvalue weighted by Crippen LogP contribution is 2.20. The zero-order valence-electron chi connectivity index (χ0n) is 18.1. The van der Waals surface area contributed by atoms with E-state index in [4.69, 9.17) is 11.5 Å². The first-order chi connectivity index (χ1) is 15.5. The lowest BCUT2D eigenvalue weighted by atomic mass is 10.1. The molecule has 0 aromatic carbocycles. The van der Waals surface area contributed by atoms with Gasteiger partial charge in [0.05, 0.1) is 24.9 Å². The van der Waals surface area contributed by atoms with Gasteiger partial charge in [0.15, 0.2) is 6.04 Å². The summed E-state index contributed by atoms with van der Waals surface area (Å²) < 4.78 is 0. The smallest absolute Gasteiger partial charge is 0.328 e. The van der Waals surface area contributed by atoms with Gasteiger partial charge in [0.2, 0.25) is 23.6 Å². The number of likely N-dealkylation sites (tertiary alicyclic amines) is 1. The summed E-state index contributed by atoms with van der Waals surface area (Å²) in [5.41, 5.74) is 11.3. The fraction of sp³-hybridized carbons (Fsp3) is 0.579. The highest BCUT2D eigenvalue weighted by Gasteiger charge is 2.40. The number of carboxylic acids is 1. The Morgan fingerprint density at radius 2 is 2.00 bits per heavy atom. The first-order valence-corrected chi connectivity index (χ1v) is 10.3. The number of H-pyrrole nitrogens is 1. The number of nitrogens with two attached hydrogens (primary N) is 2. The van der Waals surface area contributed by atoms with Crippen molar-refractivity contribution in [2.24, 2.45) is 11.5 Å². The van der Waals surface area contributed by atoms with Crippen molar-refractivity contribution in [3.63, 3.8) is 0 Å². The number of carboxylic acid groups (broad SMARTS) is 1. The van der Waals surface area contributed by atoms with Crippen LogP contribution in [0, 0.1) is 0 Å². The second-order valence-corrected chi connectivity index (χ2v) is 7.87. The minimum Gasteiger partial charge on any atom is -0.480 e. The van der Waals surface area contributed by atoms with Crippen LogP contribution in [0.4, 0.5) is 0 Å². The maximum Gasteiger partial charge on any atom is 0.328 e. The van der Waals surface area contributed by atoms with Crippen LogP contribution >= 0.6 is 0 Å². The molecule has 0 radical (unpaired) electrons. The molecule has 1 aromatic heterocycles. The first-order valence-electron chi connectivity index (χ1n) is 10.3. The predicted octanol–water partition coefficient (Wildman–Crippen LogP) is -3.42. The van der Waals surface area contributed by atoms with E-state index in [1.165, 1.54) is 24.3 Å². The summed E-state index contributed by atoms with van der Waals surface area (Å²) in [7, 11) is 0. The SMILES string of the molecule is CC(O)C(NC(=O)C1CCCN1C(=O)C(Cc1cnc[nH]1)NC(=O)C(N)CC(N)=O)C(=O)O. The summed E-state index contributed by atoms with van der Waals surface area (Å²) in [5, 5.41) is 23.6. The molecule has 1 fully saturated rings. The number of carbonyl (C=O) groups is 5. The molecule has 33 heavy (non-hydrogen) atoms. The van der Waals surface area contributed by atoms with Gasteiger partial charge in [-0.2, -0.15) is 0 Å². The Morgan fingerprint density at radius 3 is 2.55 bits per heavy atom. The van der Waals surface area contributed by atoms with Crippen molar-refractivity contribution in [1.29, 1.82) is 0 Å². The minimum absolute atomic E-state index is 0.00410. The van der Waals surface area contributed by atoms with Crippen LogP contribution in [0.2, 0.25) is 0 Å². The third-order valence-electron chi connectivity index (χ3n) is 5.24. The van der Waals surface area contributed by atoms with Gasteiger partial charge in [-0.15, -0.1) is 0 Å². The van der Waals surface area contributed by atoms with E-state index in [-0.39, 0.29) is 19.4 Å². The number of rotatable bonds is 11. The molecule has 1 saturated heterocycles. The Kier molecular flexibility index (Phi) is 8.87. The summed E-state index contributed by atoms with van der Waals surface area (Å²) in [5.74, 6) is -4.29. The number of amides is 4. The molecule has 0 spiro atoms. The Balaban J connectivity index is 2.19. The van der Waals surface area contributed by atoms with Crippen LogP contribution < -0.4 is 22.1 Å². The third kappa shape index (κ3) is 6.98. The van der Waals surface area contributed by atoms with E-state index in [0.29, 0.717) is 12.1 Å². The molecule has 1 aliphatic heterocycles. The molecule has 1 aliphatic rings. The topological polar surface area (TPSA) is 234 Å². The van der Waals surface area contributed by atoms with Gasteiger partial charge in [-0.1, -0.05) is 0 Å². The second kappa shape index (κ2) is 11.4. The van der Waals surface area contributed by atoms with Crippen LogP contribution in [-0.4, -0.2) is 91.5 Å². The number of aromatic amines is 1. The van der Waals surface area contributed by atoms with E-state index in [0.717, 1.165) is 0 Å². The highest BCUT2D eigenvalue weighted by atomic mass is 16.4. The van der Waals surface area contributed by atoms with Crippen molar-refractivity contribution < 1.29 is 34.2 Å². The number of hydrogen-bond acceptors (Lipinski definition) is 8. The molecule has 1 aromatic rings. The normalized spacial score (nSPS) is 19.2. The molecule has 4 amide bonds. The van der Waals surface area contributed by atoms with Crippen LogP contribution in [0.5, 0.6) is 0 Å². The predicted molar refractivity (Wildman–Crippen MR) is 112 cm³/mol. The van der Waals surface area contributed by atoms with E-state index in [9.17, 15) is 34.2 Å². The van der Waals surface area contributed by atoms with Gasteiger partial charge >= 0.3 is 5.97 Å². The summed E-state index contributed by atoms with van der Waals surface area (Å²) in [6.45, 7) is 1.42. The van der Waals surface area contributed by atoms with E-state index in [1.807, 2.05) is 0 Å². The van der Waals surface area contributed by atoms with Gasteiger partial charge in [0.25, 0.3) is 0 Å². The van der Waals surface area contributed by atoms with Gasteiger partial charge in [0, 0.05) is 24.9 Å². The molecule has 14 nitrogen and oxygen atoms in total. The number of hydrogen-bond donors (Lipinski definition) is 7. The molecule has 0 aliphatic carbocycles. The maximum atomic E-state index is 13.3. The molecule has 0 bridgehead atoms. The fourth-order valence-corrected chi connectivity index (χ4v) is 3.55. The molecule has 0 saturated carbocycles. The molecule has 14 heteroatoms. The number of imidazole rings is 1. The number of primary amides is 1. The van der Waals surface area contributed by atoms with Crippen molar-refractivity contribution >= 4 is 29.6 Å². The lowest BCUT2D eigenvalue weighted by Crippen LogP contribution is -2.58. The van der Waals surface area contributed by atoms with Crippen molar-refractivity contribution in [1.82, 2.24) is 25.5 Å². The van der Waals surface area contributed by atoms with Crippen molar-refractivity contribution in [3.8, 4) is 0 Å². The van der Waals surface area contributed by atoms with Crippen LogP contribution in [0.3, 0.4) is 0 Å². The van der Waals surface area contributed by atoms with Crippen LogP contribution in [-0.2, 0) is 30.4 Å². The van der Waals surface area contributed by atoms with Gasteiger partial charge in [-0.05, 0) is 19.8 Å². The molecule has 182 valence electrons. The van der Waals surface area contributed by atoms with Crippen molar-refractivity contribution in [2.75, 3.05) is 6.54 Å². The van der Waals surface area contributed by atoms with E-state index in [2.05, 4.69) is 20.6 Å². The van der Waals surface area contributed by atoms with Gasteiger partial charge < -0.3 is 42.2 Å². The lowest BCUT2D eigenvalue weighted by molar-refractivity contribution is -0.147. The molecular formula is C19H29N7O7. The Hall–Kier alpha value is -3.52. The van der Waals surface area contributed by atoms with Gasteiger partial charge in [-0.25, -0.2) is 9.78 Å². The van der Waals surface area contributed by atoms with E-state index < -0.39 is 66.3 Å². The van der Waals surface area contributed by atoms with Gasteiger partial charge in [0.1, 0.15) is 12.1 Å². The summed E-state index contributed by atoms with van der Waals surface area (Å²) in [4.78, 5) is 68.8. The standard InChI is InChI=1S/C19H29N7O7/c1-9(27)15(19(32)33)25-17(30)13-3-2-4-26(13)18(31)12(5-10-7-22-8-23-10)24-16(29)11(20)6-14(21)28/h7-9,11-13,15,27H,2-6,20H2,1H3,(H2,21,28)(H,22,23)(H,24,29)(H,25,30)(H,32,33). The fourth-order valence-electron chi connectivity index (χ4n) is 3.55. The number of nitrogens with one attached hydrogen (secondary N) is 3. The molecular weight excluding hydrogens is 438 g/mol. The molecule has 9 N–H and O–H groups in total. The quantitative estimate of drug-likeness (QED) is 0.171. The van der Waals surface area contributed by atoms with Crippen LogP contribution in [0.15, 0.2) is 12.5 Å². The highest BCUT2D eigenvalue weighted by molar-refractivity contribution is 5.95. The number of nitrogens with zero attached hydrogens (tertiary/aromatic N) is 2. The number of aliphatic hydroxyl groups is 1. The number of aliphatic hydroxyl groups excluding tert-OH is 1. The molecule has 2 rings (SSSR count). The van der Waals surface area contributed by atoms with Crippen molar-refractivity contribution in [3.05, 3.63) is 18.2 Å². The average molecular weight is 467 g/mol. The monoisotopic (exact) mass is 467 g/mol. The molecule has 2 heterocycles. The summed E-state index contributed by atoms with van der Waals surface area (Å²) in [6, 6.07) is -4.93. The zero-order valence-corrected chi connectivity index (χ0v) is 18.1. The lowest BCUT2D eigenvalue weighted by Gasteiger charge is -2.30. The Bertz CT molecular complexity index is 874. The summed E-state index contributed by atoms with van der Waals surface area (Å²) in [6.07, 6.45) is 1.84. The first kappa shape index (κ1) is 25.7. The molecule has 5 unspecified atom stereocenters. The number of aliphatic carboxylic acids is 1. The van der Waals surface area contributed by atoms with E-state index >= 15 is 0 Å². The number of carbonyl (C=O) groups excluding carboxylic acids is 4. The van der Waals surface area contributed by atoms with Crippen LogP contribution in [0.25, 0.3) is 0 Å².